The maximum atomic E-state index is 5.44. The van der Waals surface area contributed by atoms with Crippen LogP contribution in [0.1, 0.15) is 46.5 Å². The molecular formula is C12H23NO2S. The van der Waals surface area contributed by atoms with Crippen molar-refractivity contribution in [3.05, 3.63) is 0 Å². The van der Waals surface area contributed by atoms with Gasteiger partial charge in [0.1, 0.15) is 0 Å². The lowest BCUT2D eigenvalue weighted by atomic mass is 9.92. The van der Waals surface area contributed by atoms with Gasteiger partial charge in [-0.05, 0) is 45.6 Å². The molecule has 0 N–H and O–H groups in total. The van der Waals surface area contributed by atoms with Crippen LogP contribution < -0.4 is 0 Å². The largest absolute Gasteiger partial charge is 0.353 e. The molecule has 0 saturated heterocycles. The van der Waals surface area contributed by atoms with Crippen LogP contribution in [0.2, 0.25) is 0 Å². The summed E-state index contributed by atoms with van der Waals surface area (Å²) in [6.07, 6.45) is 3.77. The van der Waals surface area contributed by atoms with Crippen molar-refractivity contribution in [2.45, 2.75) is 57.0 Å². The molecule has 4 heteroatoms. The van der Waals surface area contributed by atoms with E-state index in [1.165, 1.54) is 5.71 Å². The summed E-state index contributed by atoms with van der Waals surface area (Å²) in [5, 5.41) is 0. The highest BCUT2D eigenvalue weighted by Gasteiger charge is 2.33. The van der Waals surface area contributed by atoms with E-state index in [0.717, 1.165) is 25.7 Å². The van der Waals surface area contributed by atoms with Gasteiger partial charge in [0.25, 0.3) is 0 Å². The second-order valence-corrected chi connectivity index (χ2v) is 6.77. The standard InChI is InChI=1S/C12H23NO2S/c1-11(2,3)16-13-10-6-8-12(14-4,15-5)9-7-10/h6-9H2,1-5H3. The predicted molar refractivity (Wildman–Crippen MR) is 70.0 cm³/mol. The first-order valence-electron chi connectivity index (χ1n) is 5.75. The van der Waals surface area contributed by atoms with E-state index >= 15 is 0 Å². The van der Waals surface area contributed by atoms with E-state index in [2.05, 4.69) is 25.2 Å². The van der Waals surface area contributed by atoms with Gasteiger partial charge in [0.15, 0.2) is 5.79 Å². The molecule has 0 spiro atoms. The van der Waals surface area contributed by atoms with E-state index in [0.29, 0.717) is 0 Å². The van der Waals surface area contributed by atoms with Crippen LogP contribution in [0.3, 0.4) is 0 Å². The minimum absolute atomic E-state index is 0.198. The lowest BCUT2D eigenvalue weighted by Gasteiger charge is -2.34. The molecule has 0 radical (unpaired) electrons. The van der Waals surface area contributed by atoms with Crippen molar-refractivity contribution in [1.29, 1.82) is 0 Å². The van der Waals surface area contributed by atoms with Crippen molar-refractivity contribution in [2.24, 2.45) is 4.40 Å². The van der Waals surface area contributed by atoms with Crippen LogP contribution >= 0.6 is 11.9 Å². The fraction of sp³-hybridized carbons (Fsp3) is 0.917. The Kier molecular flexibility index (Phi) is 4.83. The third kappa shape index (κ3) is 4.07. The second kappa shape index (κ2) is 5.52. The Bertz CT molecular complexity index is 242. The number of rotatable bonds is 3. The minimum Gasteiger partial charge on any atom is -0.353 e. The SMILES string of the molecule is COC1(OC)CCC(=NSC(C)(C)C)CC1. The zero-order valence-electron chi connectivity index (χ0n) is 11.0. The Morgan fingerprint density at radius 1 is 1.12 bits per heavy atom. The first kappa shape index (κ1) is 14.0. The monoisotopic (exact) mass is 245 g/mol. The third-order valence-electron chi connectivity index (χ3n) is 2.78. The Balaban J connectivity index is 2.48. The highest BCUT2D eigenvalue weighted by atomic mass is 32.2. The number of ether oxygens (including phenoxy) is 2. The van der Waals surface area contributed by atoms with Gasteiger partial charge in [-0.2, -0.15) is 0 Å². The van der Waals surface area contributed by atoms with Crippen molar-refractivity contribution in [2.75, 3.05) is 14.2 Å². The van der Waals surface area contributed by atoms with Crippen LogP contribution in [0.4, 0.5) is 0 Å². The molecule has 3 nitrogen and oxygen atoms in total. The van der Waals surface area contributed by atoms with Crippen molar-refractivity contribution in [3.63, 3.8) is 0 Å². The maximum absolute atomic E-state index is 5.44. The summed E-state index contributed by atoms with van der Waals surface area (Å²) in [5.74, 6) is -0.370. The fourth-order valence-electron chi connectivity index (χ4n) is 1.70. The summed E-state index contributed by atoms with van der Waals surface area (Å²) >= 11 is 1.66. The second-order valence-electron chi connectivity index (χ2n) is 5.18. The Morgan fingerprint density at radius 3 is 2.00 bits per heavy atom. The average Bonchev–Trinajstić information content (AvgIpc) is 2.26. The quantitative estimate of drug-likeness (QED) is 0.564. The molecule has 0 bridgehead atoms. The van der Waals surface area contributed by atoms with E-state index in [1.54, 1.807) is 26.2 Å². The van der Waals surface area contributed by atoms with E-state index in [-0.39, 0.29) is 10.5 Å². The molecule has 16 heavy (non-hydrogen) atoms. The van der Waals surface area contributed by atoms with Gasteiger partial charge in [0, 0.05) is 37.5 Å². The highest BCUT2D eigenvalue weighted by molar-refractivity contribution is 7.99. The van der Waals surface area contributed by atoms with Crippen LogP contribution in [0.25, 0.3) is 0 Å². The van der Waals surface area contributed by atoms with Crippen molar-refractivity contribution in [1.82, 2.24) is 0 Å². The van der Waals surface area contributed by atoms with Gasteiger partial charge in [-0.25, -0.2) is 4.40 Å². The molecule has 1 fully saturated rings. The number of methoxy groups -OCH3 is 2. The molecule has 0 aliphatic heterocycles. The van der Waals surface area contributed by atoms with Gasteiger partial charge < -0.3 is 9.47 Å². The van der Waals surface area contributed by atoms with Crippen LogP contribution in [0, 0.1) is 0 Å². The molecule has 0 unspecified atom stereocenters. The molecule has 0 aromatic heterocycles. The van der Waals surface area contributed by atoms with Gasteiger partial charge in [0.2, 0.25) is 0 Å². The molecular weight excluding hydrogens is 222 g/mol. The molecule has 1 rings (SSSR count). The minimum atomic E-state index is -0.370. The smallest absolute Gasteiger partial charge is 0.168 e. The van der Waals surface area contributed by atoms with E-state index < -0.39 is 0 Å². The van der Waals surface area contributed by atoms with E-state index in [1.807, 2.05) is 0 Å². The van der Waals surface area contributed by atoms with Gasteiger partial charge in [0.05, 0.1) is 0 Å². The molecule has 1 saturated carbocycles. The van der Waals surface area contributed by atoms with Gasteiger partial charge in [-0.15, -0.1) is 0 Å². The lowest BCUT2D eigenvalue weighted by Crippen LogP contribution is -2.38. The fourth-order valence-corrected chi connectivity index (χ4v) is 2.29. The first-order chi connectivity index (χ1) is 7.41. The zero-order valence-corrected chi connectivity index (χ0v) is 11.8. The molecule has 0 atom stereocenters. The van der Waals surface area contributed by atoms with Gasteiger partial charge in [-0.3, -0.25) is 0 Å². The van der Waals surface area contributed by atoms with Crippen LogP contribution in [0.15, 0.2) is 4.40 Å². The lowest BCUT2D eigenvalue weighted by molar-refractivity contribution is -0.215. The Hall–Kier alpha value is -0.0600. The predicted octanol–water partition coefficient (Wildman–Crippen LogP) is 3.44. The topological polar surface area (TPSA) is 30.8 Å². The molecule has 1 aliphatic carbocycles. The maximum Gasteiger partial charge on any atom is 0.168 e. The van der Waals surface area contributed by atoms with E-state index in [4.69, 9.17) is 9.47 Å². The summed E-state index contributed by atoms with van der Waals surface area (Å²) in [6.45, 7) is 6.54. The summed E-state index contributed by atoms with van der Waals surface area (Å²) in [6, 6.07) is 0. The number of hydrogen-bond donors (Lipinski definition) is 0. The van der Waals surface area contributed by atoms with Crippen molar-refractivity contribution >= 4 is 17.7 Å². The summed E-state index contributed by atoms with van der Waals surface area (Å²) in [4.78, 5) is 0. The first-order valence-corrected chi connectivity index (χ1v) is 6.52. The summed E-state index contributed by atoms with van der Waals surface area (Å²) < 4.78 is 15.7. The zero-order chi connectivity index (χ0) is 12.2. The molecule has 94 valence electrons. The van der Waals surface area contributed by atoms with Crippen molar-refractivity contribution in [3.8, 4) is 0 Å². The Morgan fingerprint density at radius 2 is 1.62 bits per heavy atom. The van der Waals surface area contributed by atoms with Crippen LogP contribution in [0.5, 0.6) is 0 Å². The van der Waals surface area contributed by atoms with Crippen LogP contribution in [-0.4, -0.2) is 30.5 Å². The molecule has 0 aromatic carbocycles. The van der Waals surface area contributed by atoms with Gasteiger partial charge in [-0.1, -0.05) is 0 Å². The summed E-state index contributed by atoms with van der Waals surface area (Å²) in [5.41, 5.74) is 1.28. The Labute approximate surface area is 103 Å². The molecule has 0 amide bonds. The number of nitrogens with zero attached hydrogens (tertiary/aromatic N) is 1. The van der Waals surface area contributed by atoms with Crippen LogP contribution in [-0.2, 0) is 9.47 Å². The normalized spacial score (nSPS) is 20.9. The molecule has 1 aliphatic rings. The highest BCUT2D eigenvalue weighted by Crippen LogP contribution is 2.33. The summed E-state index contributed by atoms with van der Waals surface area (Å²) in [7, 11) is 3.44. The van der Waals surface area contributed by atoms with Gasteiger partial charge >= 0.3 is 0 Å². The molecule has 0 heterocycles. The number of hydrogen-bond acceptors (Lipinski definition) is 4. The van der Waals surface area contributed by atoms with Crippen molar-refractivity contribution < 1.29 is 9.47 Å². The van der Waals surface area contributed by atoms with E-state index in [9.17, 15) is 0 Å². The third-order valence-corrected chi connectivity index (χ3v) is 3.68. The molecule has 0 aromatic rings. The average molecular weight is 245 g/mol.